The standard InChI is InChI=1S/C37H64N2O4/c1-5-28-32-24-27(40)13-17-37(32,4)31-14-18-36(3)29(11-12-30(36)33(31)34(28)41)25(2)10-9-23-43-35(42)39-21-15-26(16-22-39)38-19-7-6-8-20-38/h25-34,40-41H,5-24H2,1-4H3/t25-,27-,28-,29-,30?,31?,32+,33?,34-,36-,37-/m1/s1. The number of fused-ring (bicyclic) bond motifs is 5. The van der Waals surface area contributed by atoms with E-state index < -0.39 is 0 Å². The van der Waals surface area contributed by atoms with Crippen molar-refractivity contribution >= 4 is 6.09 Å². The molecule has 0 aromatic rings. The number of carbonyl (C=O) groups excluding carboxylic acids is 1. The average molecular weight is 601 g/mol. The van der Waals surface area contributed by atoms with Crippen LogP contribution in [0.3, 0.4) is 0 Å². The van der Waals surface area contributed by atoms with Crippen LogP contribution in [-0.4, -0.2) is 77.1 Å². The zero-order valence-corrected chi connectivity index (χ0v) is 28.0. The lowest BCUT2D eigenvalue weighted by Crippen LogP contribution is -2.62. The van der Waals surface area contributed by atoms with Crippen LogP contribution in [0.4, 0.5) is 4.79 Å². The van der Waals surface area contributed by atoms with Gasteiger partial charge in [-0.2, -0.15) is 0 Å². The molecule has 0 spiro atoms. The zero-order chi connectivity index (χ0) is 30.4. The van der Waals surface area contributed by atoms with E-state index in [4.69, 9.17) is 4.74 Å². The molecule has 4 aliphatic carbocycles. The summed E-state index contributed by atoms with van der Waals surface area (Å²) in [5.74, 6) is 3.71. The summed E-state index contributed by atoms with van der Waals surface area (Å²) in [6.07, 6.45) is 16.8. The van der Waals surface area contributed by atoms with Gasteiger partial charge in [0, 0.05) is 19.1 Å². The van der Waals surface area contributed by atoms with Crippen LogP contribution >= 0.6 is 0 Å². The van der Waals surface area contributed by atoms with Crippen molar-refractivity contribution in [3.05, 3.63) is 0 Å². The van der Waals surface area contributed by atoms with Gasteiger partial charge in [-0.25, -0.2) is 4.79 Å². The van der Waals surface area contributed by atoms with Gasteiger partial charge in [0.05, 0.1) is 18.8 Å². The number of ether oxygens (including phenoxy) is 1. The topological polar surface area (TPSA) is 73.2 Å². The van der Waals surface area contributed by atoms with E-state index in [1.165, 1.54) is 58.0 Å². The number of aliphatic hydroxyl groups excluding tert-OH is 2. The maximum absolute atomic E-state index is 12.8. The number of hydrogen-bond donors (Lipinski definition) is 2. The number of rotatable bonds is 7. The molecule has 6 rings (SSSR count). The molecular formula is C37H64N2O4. The average Bonchev–Trinajstić information content (AvgIpc) is 3.38. The van der Waals surface area contributed by atoms with Crippen LogP contribution in [0.25, 0.3) is 0 Å². The van der Waals surface area contributed by atoms with E-state index in [0.717, 1.165) is 64.5 Å². The molecule has 11 atom stereocenters. The van der Waals surface area contributed by atoms with Crippen molar-refractivity contribution in [1.82, 2.24) is 9.80 Å². The van der Waals surface area contributed by atoms with Gasteiger partial charge in [0.25, 0.3) is 0 Å². The molecule has 0 radical (unpaired) electrons. The summed E-state index contributed by atoms with van der Waals surface area (Å²) in [4.78, 5) is 17.4. The Morgan fingerprint density at radius 3 is 2.30 bits per heavy atom. The van der Waals surface area contributed by atoms with Crippen LogP contribution in [0.5, 0.6) is 0 Å². The van der Waals surface area contributed by atoms with Gasteiger partial charge in [-0.1, -0.05) is 40.5 Å². The summed E-state index contributed by atoms with van der Waals surface area (Å²) in [6.45, 7) is 14.5. The first kappa shape index (κ1) is 32.1. The first-order chi connectivity index (χ1) is 20.7. The summed E-state index contributed by atoms with van der Waals surface area (Å²) in [5.41, 5.74) is 0.564. The van der Waals surface area contributed by atoms with Gasteiger partial charge in [0.15, 0.2) is 0 Å². The highest BCUT2D eigenvalue weighted by Crippen LogP contribution is 2.69. The molecule has 6 aliphatic rings. The van der Waals surface area contributed by atoms with Gasteiger partial charge in [-0.15, -0.1) is 0 Å². The maximum atomic E-state index is 12.8. The SMILES string of the molecule is CC[C@H]1[C@@H](O)C2C3CC[C@H]([C@H](C)CCCOC(=O)N4CCC(N5CCCCC5)CC4)[C@@]3(C)CCC2[C@@]2(C)CC[C@@H](O)C[C@@H]12. The summed E-state index contributed by atoms with van der Waals surface area (Å²) in [6, 6.07) is 0.652. The lowest BCUT2D eigenvalue weighted by molar-refractivity contribution is -0.203. The van der Waals surface area contributed by atoms with Gasteiger partial charge in [0.2, 0.25) is 0 Å². The monoisotopic (exact) mass is 600 g/mol. The van der Waals surface area contributed by atoms with Crippen molar-refractivity contribution in [3.8, 4) is 0 Å². The predicted molar refractivity (Wildman–Crippen MR) is 172 cm³/mol. The molecule has 2 aliphatic heterocycles. The Morgan fingerprint density at radius 1 is 0.884 bits per heavy atom. The van der Waals surface area contributed by atoms with Crippen molar-refractivity contribution in [2.75, 3.05) is 32.8 Å². The fourth-order valence-corrected chi connectivity index (χ4v) is 12.5. The number of amides is 1. The van der Waals surface area contributed by atoms with Crippen molar-refractivity contribution in [1.29, 1.82) is 0 Å². The van der Waals surface area contributed by atoms with E-state index >= 15 is 0 Å². The van der Waals surface area contributed by atoms with Gasteiger partial charge in [-0.05, 0) is 149 Å². The van der Waals surface area contributed by atoms with Gasteiger partial charge >= 0.3 is 6.09 Å². The van der Waals surface area contributed by atoms with Gasteiger partial charge in [-0.3, -0.25) is 0 Å². The molecule has 6 heteroatoms. The predicted octanol–water partition coefficient (Wildman–Crippen LogP) is 7.12. The van der Waals surface area contributed by atoms with E-state index in [-0.39, 0.29) is 23.7 Å². The second-order valence-electron chi connectivity index (χ2n) is 16.7. The van der Waals surface area contributed by atoms with Crippen molar-refractivity contribution < 1.29 is 19.7 Å². The van der Waals surface area contributed by atoms with E-state index in [0.29, 0.717) is 59.5 Å². The number of piperidine rings is 2. The van der Waals surface area contributed by atoms with E-state index in [1.54, 1.807) is 0 Å². The molecule has 1 amide bonds. The normalized spacial score (nSPS) is 44.7. The molecule has 6 nitrogen and oxygen atoms in total. The Labute approximate surface area is 262 Å². The number of aliphatic hydroxyl groups is 2. The highest BCUT2D eigenvalue weighted by molar-refractivity contribution is 5.67. The smallest absolute Gasteiger partial charge is 0.409 e. The number of carbonyl (C=O) groups is 1. The molecule has 2 saturated heterocycles. The molecular weight excluding hydrogens is 536 g/mol. The minimum atomic E-state index is -0.221. The lowest BCUT2D eigenvalue weighted by atomic mass is 9.41. The Morgan fingerprint density at radius 2 is 1.58 bits per heavy atom. The van der Waals surface area contributed by atoms with Crippen molar-refractivity contribution in [3.63, 3.8) is 0 Å². The Balaban J connectivity index is 0.996. The van der Waals surface area contributed by atoms with Crippen molar-refractivity contribution in [2.24, 2.45) is 52.3 Å². The molecule has 0 bridgehead atoms. The third kappa shape index (κ3) is 5.93. The quantitative estimate of drug-likeness (QED) is 0.305. The molecule has 4 saturated carbocycles. The lowest BCUT2D eigenvalue weighted by Gasteiger charge is -2.64. The molecule has 6 fully saturated rings. The number of likely N-dealkylation sites (tertiary alicyclic amines) is 2. The van der Waals surface area contributed by atoms with E-state index in [9.17, 15) is 15.0 Å². The first-order valence-electron chi connectivity index (χ1n) is 18.7. The highest BCUT2D eigenvalue weighted by Gasteiger charge is 2.64. The van der Waals surface area contributed by atoms with Crippen LogP contribution in [0.1, 0.15) is 124 Å². The Hall–Kier alpha value is -0.850. The summed E-state index contributed by atoms with van der Waals surface area (Å²) in [7, 11) is 0. The Bertz CT molecular complexity index is 947. The van der Waals surface area contributed by atoms with Crippen LogP contribution < -0.4 is 0 Å². The zero-order valence-electron chi connectivity index (χ0n) is 28.0. The minimum Gasteiger partial charge on any atom is -0.449 e. The molecule has 2 N–H and O–H groups in total. The van der Waals surface area contributed by atoms with Crippen LogP contribution in [0, 0.1) is 52.3 Å². The largest absolute Gasteiger partial charge is 0.449 e. The van der Waals surface area contributed by atoms with Crippen LogP contribution in [0.2, 0.25) is 0 Å². The fourth-order valence-electron chi connectivity index (χ4n) is 12.5. The van der Waals surface area contributed by atoms with E-state index in [2.05, 4.69) is 32.6 Å². The summed E-state index contributed by atoms with van der Waals surface area (Å²) in [5, 5.41) is 22.5. The molecule has 0 aromatic heterocycles. The molecule has 3 unspecified atom stereocenters. The third-order valence-electron chi connectivity index (χ3n) is 14.8. The number of nitrogens with zero attached hydrogens (tertiary/aromatic N) is 2. The Kier molecular flexibility index (Phi) is 9.78. The van der Waals surface area contributed by atoms with Crippen LogP contribution in [0.15, 0.2) is 0 Å². The molecule has 43 heavy (non-hydrogen) atoms. The second kappa shape index (κ2) is 13.1. The van der Waals surface area contributed by atoms with E-state index in [1.807, 2.05) is 4.90 Å². The third-order valence-corrected chi connectivity index (χ3v) is 14.8. The second-order valence-corrected chi connectivity index (χ2v) is 16.7. The van der Waals surface area contributed by atoms with Crippen LogP contribution in [-0.2, 0) is 4.74 Å². The first-order valence-corrected chi connectivity index (χ1v) is 18.7. The highest BCUT2D eigenvalue weighted by atomic mass is 16.6. The number of hydrogen-bond acceptors (Lipinski definition) is 5. The van der Waals surface area contributed by atoms with Gasteiger partial charge in [0.1, 0.15) is 0 Å². The summed E-state index contributed by atoms with van der Waals surface area (Å²) >= 11 is 0. The summed E-state index contributed by atoms with van der Waals surface area (Å²) < 4.78 is 5.81. The van der Waals surface area contributed by atoms with Gasteiger partial charge < -0.3 is 24.7 Å². The molecule has 246 valence electrons. The molecule has 0 aromatic carbocycles. The van der Waals surface area contributed by atoms with Crippen molar-refractivity contribution in [2.45, 2.75) is 142 Å². The fraction of sp³-hybridized carbons (Fsp3) is 0.973. The maximum Gasteiger partial charge on any atom is 0.409 e. The minimum absolute atomic E-state index is 0.102. The molecule has 2 heterocycles.